The second-order valence-corrected chi connectivity index (χ2v) is 7.86. The van der Waals surface area contributed by atoms with Crippen LogP contribution in [0.4, 0.5) is 11.4 Å². The van der Waals surface area contributed by atoms with Gasteiger partial charge in [-0.2, -0.15) is 0 Å². The van der Waals surface area contributed by atoms with Crippen LogP contribution in [-0.4, -0.2) is 61.8 Å². The number of amides is 1. The molecule has 0 saturated carbocycles. The Morgan fingerprint density at radius 1 is 1.09 bits per heavy atom. The second-order valence-electron chi connectivity index (χ2n) is 7.43. The van der Waals surface area contributed by atoms with Crippen molar-refractivity contribution in [2.45, 2.75) is 0 Å². The number of carbonyl (C=O) groups excluding carboxylic acids is 2. The average Bonchev–Trinajstić information content (AvgIpc) is 3.31. The molecule has 0 radical (unpaired) electrons. The molecule has 3 aromatic rings. The molecular formula is C23H23ClN4O4. The maximum Gasteiger partial charge on any atom is 0.319 e. The number of halogens is 1. The molecule has 1 amide bonds. The van der Waals surface area contributed by atoms with Crippen LogP contribution in [0.15, 0.2) is 59.1 Å². The number of aromatic nitrogens is 1. The molecule has 4 rings (SSSR count). The van der Waals surface area contributed by atoms with Crippen molar-refractivity contribution in [3.8, 4) is 11.3 Å². The standard InChI is InChI=1S/C23H23ClN4O4/c1-31-22(29)15-27-9-11-28(12-10-27)19-7-5-18(6-8-19)25-23(30)21-14-20(26-32-21)16-3-2-4-17(24)13-16/h2-8,13-14H,9-12,15H2,1H3,(H,25,30). The molecule has 0 atom stereocenters. The quantitative estimate of drug-likeness (QED) is 0.570. The molecule has 1 aliphatic rings. The minimum Gasteiger partial charge on any atom is -0.468 e. The molecule has 8 nitrogen and oxygen atoms in total. The van der Waals surface area contributed by atoms with E-state index < -0.39 is 0 Å². The summed E-state index contributed by atoms with van der Waals surface area (Å²) in [6.07, 6.45) is 0. The highest BCUT2D eigenvalue weighted by molar-refractivity contribution is 6.30. The van der Waals surface area contributed by atoms with Gasteiger partial charge in [0.25, 0.3) is 5.91 Å². The Kier molecular flexibility index (Phi) is 6.72. The first-order valence-electron chi connectivity index (χ1n) is 10.2. The maximum absolute atomic E-state index is 12.5. The minimum absolute atomic E-state index is 0.116. The summed E-state index contributed by atoms with van der Waals surface area (Å²) in [5, 5.41) is 7.37. The van der Waals surface area contributed by atoms with Gasteiger partial charge in [0.05, 0.1) is 13.7 Å². The Morgan fingerprint density at radius 3 is 2.53 bits per heavy atom. The third-order valence-corrected chi connectivity index (χ3v) is 5.53. The van der Waals surface area contributed by atoms with Gasteiger partial charge in [0, 0.05) is 54.2 Å². The molecular weight excluding hydrogens is 432 g/mol. The number of methoxy groups -OCH3 is 1. The average molecular weight is 455 g/mol. The number of piperazine rings is 1. The molecule has 166 valence electrons. The molecule has 1 aromatic heterocycles. The molecule has 0 spiro atoms. The number of nitrogens with one attached hydrogen (secondary N) is 1. The topological polar surface area (TPSA) is 87.9 Å². The molecule has 9 heteroatoms. The van der Waals surface area contributed by atoms with Crippen LogP contribution in [0.2, 0.25) is 5.02 Å². The van der Waals surface area contributed by atoms with Crippen LogP contribution in [0.25, 0.3) is 11.3 Å². The Hall–Kier alpha value is -3.36. The van der Waals surface area contributed by atoms with E-state index in [9.17, 15) is 9.59 Å². The number of esters is 1. The lowest BCUT2D eigenvalue weighted by atomic mass is 10.1. The van der Waals surface area contributed by atoms with Crippen LogP contribution in [0.5, 0.6) is 0 Å². The zero-order valence-electron chi connectivity index (χ0n) is 17.6. The Bertz CT molecular complexity index is 1090. The number of hydrogen-bond acceptors (Lipinski definition) is 7. The largest absolute Gasteiger partial charge is 0.468 e. The summed E-state index contributed by atoms with van der Waals surface area (Å²) in [4.78, 5) is 28.3. The van der Waals surface area contributed by atoms with Gasteiger partial charge in [-0.05, 0) is 36.4 Å². The van der Waals surface area contributed by atoms with Crippen LogP contribution in [-0.2, 0) is 9.53 Å². The second kappa shape index (κ2) is 9.84. The Morgan fingerprint density at radius 2 is 1.84 bits per heavy atom. The van der Waals surface area contributed by atoms with Crippen LogP contribution in [0.1, 0.15) is 10.6 Å². The summed E-state index contributed by atoms with van der Waals surface area (Å²) in [5.74, 6) is -0.481. The van der Waals surface area contributed by atoms with Gasteiger partial charge >= 0.3 is 5.97 Å². The predicted molar refractivity (Wildman–Crippen MR) is 122 cm³/mol. The summed E-state index contributed by atoms with van der Waals surface area (Å²) in [5.41, 5.74) is 3.03. The van der Waals surface area contributed by atoms with Gasteiger partial charge in [0.1, 0.15) is 5.69 Å². The number of anilines is 2. The molecule has 1 aliphatic heterocycles. The molecule has 1 N–H and O–H groups in total. The van der Waals surface area contributed by atoms with Crippen molar-refractivity contribution < 1.29 is 18.8 Å². The van der Waals surface area contributed by atoms with Gasteiger partial charge in [0.15, 0.2) is 0 Å². The fourth-order valence-corrected chi connectivity index (χ4v) is 3.72. The molecule has 1 saturated heterocycles. The third kappa shape index (κ3) is 5.27. The Balaban J connectivity index is 1.33. The van der Waals surface area contributed by atoms with E-state index in [0.29, 0.717) is 22.9 Å². The van der Waals surface area contributed by atoms with Crippen molar-refractivity contribution in [2.24, 2.45) is 0 Å². The summed E-state index contributed by atoms with van der Waals surface area (Å²) in [6, 6.07) is 16.4. The van der Waals surface area contributed by atoms with E-state index in [-0.39, 0.29) is 17.6 Å². The van der Waals surface area contributed by atoms with Crippen molar-refractivity contribution in [1.82, 2.24) is 10.1 Å². The smallest absolute Gasteiger partial charge is 0.319 e. The normalized spacial score (nSPS) is 14.2. The lowest BCUT2D eigenvalue weighted by Crippen LogP contribution is -2.48. The van der Waals surface area contributed by atoms with E-state index in [4.69, 9.17) is 20.9 Å². The van der Waals surface area contributed by atoms with Crippen LogP contribution >= 0.6 is 11.6 Å². The van der Waals surface area contributed by atoms with E-state index in [1.165, 1.54) is 7.11 Å². The molecule has 0 aliphatic carbocycles. The number of nitrogens with zero attached hydrogens (tertiary/aromatic N) is 3. The number of carbonyl (C=O) groups is 2. The van der Waals surface area contributed by atoms with Gasteiger partial charge in [0.2, 0.25) is 5.76 Å². The van der Waals surface area contributed by atoms with Crippen molar-refractivity contribution in [3.05, 3.63) is 65.4 Å². The maximum atomic E-state index is 12.5. The summed E-state index contributed by atoms with van der Waals surface area (Å²) >= 11 is 6.01. The van der Waals surface area contributed by atoms with Gasteiger partial charge in [-0.25, -0.2) is 0 Å². The number of rotatable bonds is 6. The zero-order chi connectivity index (χ0) is 22.5. The fraction of sp³-hybridized carbons (Fsp3) is 0.261. The van der Waals surface area contributed by atoms with E-state index >= 15 is 0 Å². The Labute approximate surface area is 190 Å². The van der Waals surface area contributed by atoms with Gasteiger partial charge in [-0.3, -0.25) is 14.5 Å². The van der Waals surface area contributed by atoms with Crippen molar-refractivity contribution in [3.63, 3.8) is 0 Å². The van der Waals surface area contributed by atoms with Gasteiger partial charge in [-0.1, -0.05) is 28.9 Å². The van der Waals surface area contributed by atoms with E-state index in [1.807, 2.05) is 36.4 Å². The predicted octanol–water partition coefficient (Wildman–Crippen LogP) is 3.54. The highest BCUT2D eigenvalue weighted by atomic mass is 35.5. The first-order valence-corrected chi connectivity index (χ1v) is 10.6. The number of ether oxygens (including phenoxy) is 1. The van der Waals surface area contributed by atoms with Crippen LogP contribution < -0.4 is 10.2 Å². The highest BCUT2D eigenvalue weighted by Crippen LogP contribution is 2.24. The van der Waals surface area contributed by atoms with Crippen molar-refractivity contribution in [2.75, 3.05) is 50.1 Å². The number of benzene rings is 2. The molecule has 2 aromatic carbocycles. The van der Waals surface area contributed by atoms with Gasteiger partial charge < -0.3 is 19.5 Å². The first kappa shape index (κ1) is 21.9. The van der Waals surface area contributed by atoms with E-state index in [2.05, 4.69) is 20.3 Å². The van der Waals surface area contributed by atoms with Crippen molar-refractivity contribution >= 4 is 34.9 Å². The first-order chi connectivity index (χ1) is 15.5. The van der Waals surface area contributed by atoms with Crippen LogP contribution in [0.3, 0.4) is 0 Å². The SMILES string of the molecule is COC(=O)CN1CCN(c2ccc(NC(=O)c3cc(-c4cccc(Cl)c4)no3)cc2)CC1. The van der Waals surface area contributed by atoms with Gasteiger partial charge in [-0.15, -0.1) is 0 Å². The molecule has 32 heavy (non-hydrogen) atoms. The number of hydrogen-bond donors (Lipinski definition) is 1. The zero-order valence-corrected chi connectivity index (χ0v) is 18.3. The lowest BCUT2D eigenvalue weighted by molar-refractivity contribution is -0.142. The third-order valence-electron chi connectivity index (χ3n) is 5.30. The summed E-state index contributed by atoms with van der Waals surface area (Å²) < 4.78 is 9.93. The fourth-order valence-electron chi connectivity index (χ4n) is 3.53. The summed E-state index contributed by atoms with van der Waals surface area (Å²) in [6.45, 7) is 3.51. The van der Waals surface area contributed by atoms with E-state index in [1.54, 1.807) is 18.2 Å². The molecule has 0 unspecified atom stereocenters. The molecule has 1 fully saturated rings. The van der Waals surface area contributed by atoms with Crippen molar-refractivity contribution in [1.29, 1.82) is 0 Å². The monoisotopic (exact) mass is 454 g/mol. The molecule has 0 bridgehead atoms. The minimum atomic E-state index is -0.380. The summed E-state index contributed by atoms with van der Waals surface area (Å²) in [7, 11) is 1.40. The lowest BCUT2D eigenvalue weighted by Gasteiger charge is -2.35. The van der Waals surface area contributed by atoms with E-state index in [0.717, 1.165) is 37.4 Å². The van der Waals surface area contributed by atoms with Crippen LogP contribution in [0, 0.1) is 0 Å². The highest BCUT2D eigenvalue weighted by Gasteiger charge is 2.20. The molecule has 2 heterocycles.